The van der Waals surface area contributed by atoms with Crippen LogP contribution in [-0.2, 0) is 10.0 Å². The average Bonchev–Trinajstić information content (AvgIpc) is 2.98. The fourth-order valence-electron chi connectivity index (χ4n) is 2.57. The fourth-order valence-corrected chi connectivity index (χ4v) is 4.25. The lowest BCUT2D eigenvalue weighted by molar-refractivity contribution is 0.392. The number of rotatable bonds is 4. The van der Waals surface area contributed by atoms with Crippen LogP contribution in [0.1, 0.15) is 11.1 Å². The maximum atomic E-state index is 13.2. The van der Waals surface area contributed by atoms with Crippen molar-refractivity contribution in [3.63, 3.8) is 0 Å². The number of fused-ring (bicyclic) bond motifs is 1. The molecule has 3 aromatic rings. The molecule has 0 radical (unpaired) electrons. The second-order valence-electron chi connectivity index (χ2n) is 5.61. The van der Waals surface area contributed by atoms with Crippen LogP contribution in [0, 0.1) is 13.8 Å². The molecule has 8 heteroatoms. The minimum atomic E-state index is -3.95. The summed E-state index contributed by atoms with van der Waals surface area (Å²) in [5, 5.41) is 0.264. The SMILES string of the molecule is COc1cc(S(=O)(=O)n2cnc3cc(C)c(C)cc32)c(OC)cc1Cl. The molecule has 25 heavy (non-hydrogen) atoms. The molecule has 0 spiro atoms. The van der Waals surface area contributed by atoms with Crippen LogP contribution in [0.3, 0.4) is 0 Å². The van der Waals surface area contributed by atoms with Gasteiger partial charge in [-0.25, -0.2) is 17.4 Å². The minimum Gasteiger partial charge on any atom is -0.495 e. The van der Waals surface area contributed by atoms with Gasteiger partial charge in [0.15, 0.2) is 0 Å². The zero-order chi connectivity index (χ0) is 18.4. The van der Waals surface area contributed by atoms with Crippen molar-refractivity contribution in [2.24, 2.45) is 0 Å². The molecule has 1 aromatic heterocycles. The molecule has 1 heterocycles. The van der Waals surface area contributed by atoms with Crippen LogP contribution in [-0.4, -0.2) is 31.6 Å². The molecule has 0 bridgehead atoms. The number of aromatic nitrogens is 2. The van der Waals surface area contributed by atoms with E-state index in [0.717, 1.165) is 15.1 Å². The minimum absolute atomic E-state index is 0.0474. The maximum Gasteiger partial charge on any atom is 0.273 e. The topological polar surface area (TPSA) is 70.4 Å². The quantitative estimate of drug-likeness (QED) is 0.692. The van der Waals surface area contributed by atoms with E-state index >= 15 is 0 Å². The van der Waals surface area contributed by atoms with Gasteiger partial charge in [-0.3, -0.25) is 0 Å². The molecule has 0 aliphatic carbocycles. The zero-order valence-corrected chi connectivity index (χ0v) is 15.8. The van der Waals surface area contributed by atoms with Gasteiger partial charge >= 0.3 is 0 Å². The lowest BCUT2D eigenvalue weighted by Gasteiger charge is -2.14. The van der Waals surface area contributed by atoms with Crippen LogP contribution in [0.25, 0.3) is 11.0 Å². The highest BCUT2D eigenvalue weighted by molar-refractivity contribution is 7.90. The van der Waals surface area contributed by atoms with Crippen LogP contribution in [0.2, 0.25) is 5.02 Å². The Morgan fingerprint density at radius 1 is 1.00 bits per heavy atom. The van der Waals surface area contributed by atoms with E-state index in [1.165, 1.54) is 32.7 Å². The lowest BCUT2D eigenvalue weighted by atomic mass is 10.1. The molecule has 0 unspecified atom stereocenters. The van der Waals surface area contributed by atoms with E-state index in [4.69, 9.17) is 21.1 Å². The first kappa shape index (κ1) is 17.6. The molecular weight excluding hydrogens is 364 g/mol. The molecule has 0 N–H and O–H groups in total. The zero-order valence-electron chi connectivity index (χ0n) is 14.2. The Morgan fingerprint density at radius 2 is 1.64 bits per heavy atom. The second-order valence-corrected chi connectivity index (χ2v) is 7.80. The molecule has 0 saturated heterocycles. The maximum absolute atomic E-state index is 13.2. The highest BCUT2D eigenvalue weighted by atomic mass is 35.5. The summed E-state index contributed by atoms with van der Waals surface area (Å²) in [7, 11) is -1.15. The largest absolute Gasteiger partial charge is 0.495 e. The summed E-state index contributed by atoms with van der Waals surface area (Å²) in [5.41, 5.74) is 3.12. The smallest absolute Gasteiger partial charge is 0.273 e. The normalized spacial score (nSPS) is 11.7. The van der Waals surface area contributed by atoms with Gasteiger partial charge in [-0.2, -0.15) is 0 Å². The lowest BCUT2D eigenvalue weighted by Crippen LogP contribution is -2.13. The molecule has 0 aliphatic heterocycles. The van der Waals surface area contributed by atoms with Gasteiger partial charge in [0, 0.05) is 12.1 Å². The van der Waals surface area contributed by atoms with Crippen molar-refractivity contribution in [2.75, 3.05) is 14.2 Å². The number of benzene rings is 2. The molecule has 132 valence electrons. The van der Waals surface area contributed by atoms with E-state index in [0.29, 0.717) is 11.0 Å². The van der Waals surface area contributed by atoms with Gasteiger partial charge in [-0.15, -0.1) is 0 Å². The molecule has 0 aliphatic rings. The predicted octanol–water partition coefficient (Wildman–Crippen LogP) is 3.56. The number of aryl methyl sites for hydroxylation is 2. The van der Waals surface area contributed by atoms with Crippen molar-refractivity contribution >= 4 is 32.7 Å². The summed E-state index contributed by atoms with van der Waals surface area (Å²) in [6.07, 6.45) is 1.29. The number of ether oxygens (including phenoxy) is 2. The van der Waals surface area contributed by atoms with Gasteiger partial charge in [-0.05, 0) is 37.1 Å². The Morgan fingerprint density at radius 3 is 2.28 bits per heavy atom. The molecule has 0 amide bonds. The summed E-state index contributed by atoms with van der Waals surface area (Å²) in [6.45, 7) is 3.88. The van der Waals surface area contributed by atoms with Crippen molar-refractivity contribution < 1.29 is 17.9 Å². The fraction of sp³-hybridized carbons (Fsp3) is 0.235. The first-order chi connectivity index (χ1) is 11.8. The Labute approximate surface area is 151 Å². The van der Waals surface area contributed by atoms with E-state index in [2.05, 4.69) is 4.98 Å². The Balaban J connectivity index is 2.29. The van der Waals surface area contributed by atoms with Crippen LogP contribution < -0.4 is 9.47 Å². The summed E-state index contributed by atoms with van der Waals surface area (Å²) in [6, 6.07) is 6.43. The van der Waals surface area contributed by atoms with Crippen molar-refractivity contribution in [1.82, 2.24) is 8.96 Å². The number of halogens is 1. The molecule has 0 fully saturated rings. The monoisotopic (exact) mass is 380 g/mol. The average molecular weight is 381 g/mol. The summed E-state index contributed by atoms with van der Waals surface area (Å²) in [4.78, 5) is 4.17. The Hall–Kier alpha value is -2.25. The molecule has 2 aromatic carbocycles. The molecule has 0 atom stereocenters. The van der Waals surface area contributed by atoms with Crippen molar-refractivity contribution in [2.45, 2.75) is 18.7 Å². The summed E-state index contributed by atoms with van der Waals surface area (Å²) in [5.74, 6) is 0.383. The number of methoxy groups -OCH3 is 2. The van der Waals surface area contributed by atoms with Crippen LogP contribution in [0.5, 0.6) is 11.5 Å². The number of hydrogen-bond donors (Lipinski definition) is 0. The summed E-state index contributed by atoms with van der Waals surface area (Å²) >= 11 is 6.07. The first-order valence-electron chi connectivity index (χ1n) is 7.41. The highest BCUT2D eigenvalue weighted by Crippen LogP contribution is 2.36. The Bertz CT molecular complexity index is 1070. The molecule has 0 saturated carbocycles. The van der Waals surface area contributed by atoms with Crippen molar-refractivity contribution in [3.8, 4) is 11.5 Å². The summed E-state index contributed by atoms with van der Waals surface area (Å²) < 4.78 is 37.9. The van der Waals surface area contributed by atoms with E-state index in [1.54, 1.807) is 6.07 Å². The van der Waals surface area contributed by atoms with E-state index in [1.807, 2.05) is 19.9 Å². The third-order valence-corrected chi connectivity index (χ3v) is 6.08. The van der Waals surface area contributed by atoms with E-state index in [-0.39, 0.29) is 21.4 Å². The first-order valence-corrected chi connectivity index (χ1v) is 9.22. The van der Waals surface area contributed by atoms with Gasteiger partial charge < -0.3 is 9.47 Å². The predicted molar refractivity (Wildman–Crippen MR) is 96.3 cm³/mol. The standard InChI is InChI=1S/C17H17ClN2O4S/c1-10-5-13-14(6-11(10)2)20(9-19-13)25(21,22)17-8-15(23-3)12(18)7-16(17)24-4/h5-9H,1-4H3. The van der Waals surface area contributed by atoms with Gasteiger partial charge in [0.1, 0.15) is 22.7 Å². The van der Waals surface area contributed by atoms with E-state index < -0.39 is 10.0 Å². The van der Waals surface area contributed by atoms with Crippen molar-refractivity contribution in [1.29, 1.82) is 0 Å². The second kappa shape index (κ2) is 6.24. The van der Waals surface area contributed by atoms with Crippen LogP contribution in [0.4, 0.5) is 0 Å². The highest BCUT2D eigenvalue weighted by Gasteiger charge is 2.26. The third kappa shape index (κ3) is 2.83. The third-order valence-electron chi connectivity index (χ3n) is 4.10. The Kier molecular flexibility index (Phi) is 4.38. The van der Waals surface area contributed by atoms with Crippen molar-refractivity contribution in [3.05, 3.63) is 46.7 Å². The molecular formula is C17H17ClN2O4S. The van der Waals surface area contributed by atoms with Gasteiger partial charge in [0.25, 0.3) is 10.0 Å². The number of hydrogen-bond acceptors (Lipinski definition) is 5. The molecule has 3 rings (SSSR count). The van der Waals surface area contributed by atoms with Crippen LogP contribution >= 0.6 is 11.6 Å². The van der Waals surface area contributed by atoms with Gasteiger partial charge in [0.2, 0.25) is 0 Å². The van der Waals surface area contributed by atoms with Crippen LogP contribution in [0.15, 0.2) is 35.5 Å². The molecule has 6 nitrogen and oxygen atoms in total. The van der Waals surface area contributed by atoms with E-state index in [9.17, 15) is 8.42 Å². The van der Waals surface area contributed by atoms with Gasteiger partial charge in [-0.1, -0.05) is 11.6 Å². The number of nitrogens with zero attached hydrogens (tertiary/aromatic N) is 2. The van der Waals surface area contributed by atoms with Gasteiger partial charge in [0.05, 0.1) is 30.3 Å². The number of imidazole rings is 1.